The van der Waals surface area contributed by atoms with Crippen molar-refractivity contribution in [2.75, 3.05) is 23.7 Å². The molecule has 2 aromatic carbocycles. The standard InChI is InChI=1S/C26H30ClN5O4S/c1-17(2)37(35,36)23-6-4-3-5-22(23)30-24-21(27)15-28-26(31-24)29-20-9-7-18(8-10-20)16-32-13-11-19(12-14-32)25(33)34/h3-10,15,17,19H,11-14,16H2,1-2H3,(H,33,34)(H2,28,29,30,31). The third-order valence-electron chi connectivity index (χ3n) is 6.36. The molecule has 11 heteroatoms. The van der Waals surface area contributed by atoms with Gasteiger partial charge in [0.15, 0.2) is 15.7 Å². The Kier molecular flexibility index (Phi) is 8.31. The van der Waals surface area contributed by atoms with Gasteiger partial charge in [-0.25, -0.2) is 13.4 Å². The predicted octanol–water partition coefficient (Wildman–Crippen LogP) is 5.10. The quantitative estimate of drug-likeness (QED) is 0.338. The van der Waals surface area contributed by atoms with Gasteiger partial charge in [0.2, 0.25) is 5.95 Å². The van der Waals surface area contributed by atoms with Gasteiger partial charge in [-0.05, 0) is 69.6 Å². The number of hydrogen-bond donors (Lipinski definition) is 3. The number of nitrogens with zero attached hydrogens (tertiary/aromatic N) is 3. The number of aliphatic carboxylic acids is 1. The molecule has 0 atom stereocenters. The number of halogens is 1. The van der Waals surface area contributed by atoms with Crippen LogP contribution in [-0.2, 0) is 21.2 Å². The summed E-state index contributed by atoms with van der Waals surface area (Å²) in [6.45, 7) is 5.58. The number of para-hydroxylation sites is 1. The fourth-order valence-electron chi connectivity index (χ4n) is 4.13. The van der Waals surface area contributed by atoms with E-state index in [2.05, 4.69) is 25.5 Å². The van der Waals surface area contributed by atoms with E-state index in [1.807, 2.05) is 24.3 Å². The lowest BCUT2D eigenvalue weighted by Gasteiger charge is -2.30. The second-order valence-electron chi connectivity index (χ2n) is 9.32. The van der Waals surface area contributed by atoms with Gasteiger partial charge in [-0.3, -0.25) is 9.69 Å². The first-order valence-electron chi connectivity index (χ1n) is 12.1. The number of carboxylic acids is 1. The van der Waals surface area contributed by atoms with E-state index in [1.165, 1.54) is 6.20 Å². The Bertz CT molecular complexity index is 1360. The highest BCUT2D eigenvalue weighted by atomic mass is 35.5. The van der Waals surface area contributed by atoms with Gasteiger partial charge in [-0.15, -0.1) is 0 Å². The van der Waals surface area contributed by atoms with Crippen LogP contribution in [0.5, 0.6) is 0 Å². The molecule has 37 heavy (non-hydrogen) atoms. The second kappa shape index (κ2) is 11.5. The molecule has 0 amide bonds. The van der Waals surface area contributed by atoms with E-state index in [0.717, 1.165) is 30.9 Å². The number of nitrogens with one attached hydrogen (secondary N) is 2. The van der Waals surface area contributed by atoms with Gasteiger partial charge in [0.05, 0.1) is 27.9 Å². The van der Waals surface area contributed by atoms with Gasteiger partial charge >= 0.3 is 5.97 Å². The van der Waals surface area contributed by atoms with Gasteiger partial charge in [0, 0.05) is 12.2 Å². The molecule has 196 valence electrons. The lowest BCUT2D eigenvalue weighted by molar-refractivity contribution is -0.143. The van der Waals surface area contributed by atoms with Crippen molar-refractivity contribution in [1.82, 2.24) is 14.9 Å². The molecule has 1 fully saturated rings. The summed E-state index contributed by atoms with van der Waals surface area (Å²) in [4.78, 5) is 22.3. The number of anilines is 4. The number of piperidine rings is 1. The Labute approximate surface area is 221 Å². The molecule has 3 aromatic rings. The first-order valence-corrected chi connectivity index (χ1v) is 14.0. The zero-order valence-corrected chi connectivity index (χ0v) is 22.3. The second-order valence-corrected chi connectivity index (χ2v) is 12.2. The average Bonchev–Trinajstić information content (AvgIpc) is 2.87. The molecule has 0 spiro atoms. The van der Waals surface area contributed by atoms with Gasteiger partial charge in [0.25, 0.3) is 0 Å². The number of aromatic nitrogens is 2. The van der Waals surface area contributed by atoms with Crippen LogP contribution in [0.25, 0.3) is 0 Å². The highest BCUT2D eigenvalue weighted by Gasteiger charge is 2.25. The summed E-state index contributed by atoms with van der Waals surface area (Å²) < 4.78 is 25.6. The SMILES string of the molecule is CC(C)S(=O)(=O)c1ccccc1Nc1nc(Nc2ccc(CN3CCC(C(=O)O)CC3)cc2)ncc1Cl. The van der Waals surface area contributed by atoms with Crippen LogP contribution < -0.4 is 10.6 Å². The van der Waals surface area contributed by atoms with E-state index in [1.54, 1.807) is 38.1 Å². The van der Waals surface area contributed by atoms with Crippen molar-refractivity contribution in [3.8, 4) is 0 Å². The molecular weight excluding hydrogens is 514 g/mol. The minimum absolute atomic E-state index is 0.178. The van der Waals surface area contributed by atoms with Gasteiger partial charge in [-0.1, -0.05) is 35.9 Å². The molecule has 0 radical (unpaired) electrons. The van der Waals surface area contributed by atoms with Crippen LogP contribution in [0, 0.1) is 5.92 Å². The molecule has 0 aliphatic carbocycles. The van der Waals surface area contributed by atoms with Crippen molar-refractivity contribution in [3.63, 3.8) is 0 Å². The molecular formula is C26H30ClN5O4S. The van der Waals surface area contributed by atoms with Crippen LogP contribution in [0.3, 0.4) is 0 Å². The molecule has 1 saturated heterocycles. The first-order chi connectivity index (χ1) is 17.6. The molecule has 9 nitrogen and oxygen atoms in total. The van der Waals surface area contributed by atoms with Gasteiger partial charge in [0.1, 0.15) is 5.02 Å². The molecule has 1 aliphatic heterocycles. The monoisotopic (exact) mass is 543 g/mol. The first kappa shape index (κ1) is 26.8. The smallest absolute Gasteiger partial charge is 0.306 e. The Hall–Kier alpha value is -3.21. The molecule has 3 N–H and O–H groups in total. The topological polar surface area (TPSA) is 125 Å². The molecule has 0 bridgehead atoms. The summed E-state index contributed by atoms with van der Waals surface area (Å²) in [5, 5.41) is 15.0. The summed E-state index contributed by atoms with van der Waals surface area (Å²) in [6, 6.07) is 14.5. The third kappa shape index (κ3) is 6.57. The number of benzene rings is 2. The van der Waals surface area contributed by atoms with Crippen molar-refractivity contribution in [3.05, 3.63) is 65.3 Å². The van der Waals surface area contributed by atoms with E-state index in [4.69, 9.17) is 16.7 Å². The molecule has 1 aromatic heterocycles. The third-order valence-corrected chi connectivity index (χ3v) is 8.85. The summed E-state index contributed by atoms with van der Waals surface area (Å²) in [5.41, 5.74) is 2.30. The lowest BCUT2D eigenvalue weighted by atomic mass is 9.97. The maximum atomic E-state index is 12.8. The number of likely N-dealkylation sites (tertiary alicyclic amines) is 1. The van der Waals surface area contributed by atoms with Crippen molar-refractivity contribution < 1.29 is 18.3 Å². The summed E-state index contributed by atoms with van der Waals surface area (Å²) >= 11 is 6.32. The lowest BCUT2D eigenvalue weighted by Crippen LogP contribution is -2.35. The fraction of sp³-hybridized carbons (Fsp3) is 0.346. The minimum atomic E-state index is -3.51. The van der Waals surface area contributed by atoms with Crippen molar-refractivity contribution in [1.29, 1.82) is 0 Å². The maximum absolute atomic E-state index is 12.8. The van der Waals surface area contributed by atoms with Crippen LogP contribution in [0.4, 0.5) is 23.1 Å². The average molecular weight is 544 g/mol. The number of sulfone groups is 1. The van der Waals surface area contributed by atoms with E-state index >= 15 is 0 Å². The van der Waals surface area contributed by atoms with Gasteiger partial charge in [-0.2, -0.15) is 4.98 Å². The van der Waals surface area contributed by atoms with Gasteiger partial charge < -0.3 is 15.7 Å². The molecule has 0 saturated carbocycles. The van der Waals surface area contributed by atoms with Crippen molar-refractivity contribution in [2.24, 2.45) is 5.92 Å². The Balaban J connectivity index is 1.43. The van der Waals surface area contributed by atoms with Crippen LogP contribution in [0.1, 0.15) is 32.3 Å². The molecule has 0 unspecified atom stereocenters. The van der Waals surface area contributed by atoms with Crippen molar-refractivity contribution in [2.45, 2.75) is 43.4 Å². The number of carbonyl (C=O) groups is 1. The van der Waals surface area contributed by atoms with E-state index in [-0.39, 0.29) is 21.7 Å². The van der Waals surface area contributed by atoms with E-state index < -0.39 is 21.1 Å². The molecule has 1 aliphatic rings. The Morgan fingerprint density at radius 3 is 2.43 bits per heavy atom. The maximum Gasteiger partial charge on any atom is 0.306 e. The van der Waals surface area contributed by atoms with Crippen LogP contribution >= 0.6 is 11.6 Å². The highest BCUT2D eigenvalue weighted by molar-refractivity contribution is 7.92. The normalized spacial score (nSPS) is 15.0. The summed E-state index contributed by atoms with van der Waals surface area (Å²) in [6.07, 6.45) is 2.80. The molecule has 4 rings (SSSR count). The van der Waals surface area contributed by atoms with E-state index in [0.29, 0.717) is 24.5 Å². The van der Waals surface area contributed by atoms with Crippen LogP contribution in [0.15, 0.2) is 59.6 Å². The number of carboxylic acid groups (broad SMARTS) is 1. The zero-order chi connectivity index (χ0) is 26.6. The minimum Gasteiger partial charge on any atom is -0.481 e. The number of rotatable bonds is 9. The largest absolute Gasteiger partial charge is 0.481 e. The fourth-order valence-corrected chi connectivity index (χ4v) is 5.47. The highest BCUT2D eigenvalue weighted by Crippen LogP contribution is 2.30. The summed E-state index contributed by atoms with van der Waals surface area (Å²) in [5.74, 6) is -0.358. The number of hydrogen-bond acceptors (Lipinski definition) is 8. The van der Waals surface area contributed by atoms with E-state index in [9.17, 15) is 13.2 Å². The molecule has 2 heterocycles. The van der Waals surface area contributed by atoms with Crippen LogP contribution in [-0.4, -0.2) is 52.7 Å². The predicted molar refractivity (Wildman–Crippen MR) is 144 cm³/mol. The Morgan fingerprint density at radius 1 is 1.11 bits per heavy atom. The zero-order valence-electron chi connectivity index (χ0n) is 20.7. The van der Waals surface area contributed by atoms with Crippen LogP contribution in [0.2, 0.25) is 5.02 Å². The van der Waals surface area contributed by atoms with Crippen molar-refractivity contribution >= 4 is 50.5 Å². The summed E-state index contributed by atoms with van der Waals surface area (Å²) in [7, 11) is -3.51. The Morgan fingerprint density at radius 2 is 1.78 bits per heavy atom.